The Hall–Kier alpha value is -1.10. The van der Waals surface area contributed by atoms with Crippen molar-refractivity contribution >= 4 is 21.6 Å². The highest BCUT2D eigenvalue weighted by Gasteiger charge is 2.07. The first kappa shape index (κ1) is 12.0. The highest BCUT2D eigenvalue weighted by Crippen LogP contribution is 2.19. The lowest BCUT2D eigenvalue weighted by atomic mass is 10.2. The number of rotatable bonds is 5. The third-order valence-electron chi connectivity index (χ3n) is 1.83. The van der Waals surface area contributed by atoms with E-state index in [-0.39, 0.29) is 5.69 Å². The summed E-state index contributed by atoms with van der Waals surface area (Å²) >= 11 is 3.34. The largest absolute Gasteiger partial charge is 0.493 e. The maximum absolute atomic E-state index is 10.5. The van der Waals surface area contributed by atoms with Crippen LogP contribution in [0.4, 0.5) is 5.69 Å². The summed E-state index contributed by atoms with van der Waals surface area (Å²) in [6.45, 7) is 2.58. The topological polar surface area (TPSA) is 52.4 Å². The predicted octanol–water partition coefficient (Wildman–Crippen LogP) is 3.00. The van der Waals surface area contributed by atoms with Crippen LogP contribution in [0.15, 0.2) is 24.3 Å². The van der Waals surface area contributed by atoms with Gasteiger partial charge in [-0.3, -0.25) is 10.1 Å². The van der Waals surface area contributed by atoms with Crippen LogP contribution in [0.3, 0.4) is 0 Å². The van der Waals surface area contributed by atoms with Crippen LogP contribution in [0.5, 0.6) is 5.75 Å². The third-order valence-corrected chi connectivity index (χ3v) is 2.93. The third kappa shape index (κ3) is 3.87. The normalized spacial score (nSPS) is 12.1. The number of benzene rings is 1. The first-order valence-electron chi connectivity index (χ1n) is 4.56. The fourth-order valence-electron chi connectivity index (χ4n) is 0.970. The number of nitro benzene ring substituents is 1. The van der Waals surface area contributed by atoms with E-state index in [1.54, 1.807) is 12.1 Å². The van der Waals surface area contributed by atoms with Crippen molar-refractivity contribution in [3.05, 3.63) is 34.4 Å². The molecule has 0 fully saturated rings. The molecule has 4 nitrogen and oxygen atoms in total. The van der Waals surface area contributed by atoms with Gasteiger partial charge in [0.25, 0.3) is 5.69 Å². The van der Waals surface area contributed by atoms with E-state index in [9.17, 15) is 10.1 Å². The molecule has 1 aromatic rings. The van der Waals surface area contributed by atoms with Crippen molar-refractivity contribution in [3.63, 3.8) is 0 Å². The predicted molar refractivity (Wildman–Crippen MR) is 61.5 cm³/mol. The molecular formula is C10H12BrNO3. The van der Waals surface area contributed by atoms with Crippen molar-refractivity contribution < 1.29 is 9.66 Å². The lowest BCUT2D eigenvalue weighted by molar-refractivity contribution is -0.384. The van der Waals surface area contributed by atoms with Gasteiger partial charge in [0.15, 0.2) is 0 Å². The summed E-state index contributed by atoms with van der Waals surface area (Å²) in [4.78, 5) is 10.1. The van der Waals surface area contributed by atoms with Crippen molar-refractivity contribution in [2.75, 3.05) is 11.9 Å². The van der Waals surface area contributed by atoms with Crippen LogP contribution in [0.25, 0.3) is 0 Å². The second-order valence-corrected chi connectivity index (χ2v) is 3.97. The number of hydrogen-bond acceptors (Lipinski definition) is 3. The quantitative estimate of drug-likeness (QED) is 0.471. The summed E-state index contributed by atoms with van der Waals surface area (Å²) in [5.41, 5.74) is 0.0546. The Kier molecular flexibility index (Phi) is 4.55. The van der Waals surface area contributed by atoms with Crippen LogP contribution < -0.4 is 4.74 Å². The van der Waals surface area contributed by atoms with E-state index in [0.717, 1.165) is 5.33 Å². The minimum Gasteiger partial charge on any atom is -0.493 e. The molecule has 1 rings (SSSR count). The molecule has 0 bridgehead atoms. The summed E-state index contributed by atoms with van der Waals surface area (Å²) in [6, 6.07) is 6.21. The zero-order chi connectivity index (χ0) is 11.3. The summed E-state index contributed by atoms with van der Waals surface area (Å²) in [5.74, 6) is 0.918. The molecule has 0 spiro atoms. The molecule has 15 heavy (non-hydrogen) atoms. The Bertz CT molecular complexity index is 343. The zero-order valence-electron chi connectivity index (χ0n) is 8.35. The summed E-state index contributed by atoms with van der Waals surface area (Å²) in [7, 11) is 0. The molecule has 1 aromatic carbocycles. The molecule has 1 atom stereocenters. The van der Waals surface area contributed by atoms with Crippen molar-refractivity contribution in [2.24, 2.45) is 5.92 Å². The molecule has 0 heterocycles. The highest BCUT2D eigenvalue weighted by molar-refractivity contribution is 9.09. The van der Waals surface area contributed by atoms with Gasteiger partial charge in [-0.05, 0) is 12.0 Å². The molecule has 0 radical (unpaired) electrons. The molecule has 0 aromatic heterocycles. The number of halogens is 1. The number of non-ortho nitro benzene ring substituents is 1. The summed E-state index contributed by atoms with van der Waals surface area (Å²) in [6.07, 6.45) is 0. The first-order valence-corrected chi connectivity index (χ1v) is 5.69. The number of nitrogens with zero attached hydrogens (tertiary/aromatic N) is 1. The average Bonchev–Trinajstić information content (AvgIpc) is 2.26. The maximum atomic E-state index is 10.5. The zero-order valence-corrected chi connectivity index (χ0v) is 9.94. The van der Waals surface area contributed by atoms with E-state index < -0.39 is 4.92 Å². The molecule has 0 saturated heterocycles. The van der Waals surface area contributed by atoms with Crippen molar-refractivity contribution in [1.29, 1.82) is 0 Å². The minimum atomic E-state index is -0.430. The van der Waals surface area contributed by atoms with Gasteiger partial charge >= 0.3 is 0 Å². The van der Waals surface area contributed by atoms with Crippen molar-refractivity contribution in [3.8, 4) is 5.75 Å². The molecule has 1 unspecified atom stereocenters. The number of alkyl halides is 1. The molecule has 0 saturated carbocycles. The monoisotopic (exact) mass is 273 g/mol. The van der Waals surface area contributed by atoms with Gasteiger partial charge in [0.2, 0.25) is 0 Å². The lowest BCUT2D eigenvalue weighted by Gasteiger charge is -2.09. The number of nitro groups is 1. The van der Waals surface area contributed by atoms with Crippen molar-refractivity contribution in [1.82, 2.24) is 0 Å². The van der Waals surface area contributed by atoms with Gasteiger partial charge in [0.05, 0.1) is 17.6 Å². The van der Waals surface area contributed by atoms with Crippen LogP contribution in [0.2, 0.25) is 0 Å². The van der Waals surface area contributed by atoms with Gasteiger partial charge < -0.3 is 4.74 Å². The highest BCUT2D eigenvalue weighted by atomic mass is 79.9. The van der Waals surface area contributed by atoms with Gasteiger partial charge in [-0.15, -0.1) is 0 Å². The van der Waals surface area contributed by atoms with E-state index in [2.05, 4.69) is 15.9 Å². The summed E-state index contributed by atoms with van der Waals surface area (Å²) in [5, 5.41) is 11.3. The standard InChI is InChI=1S/C10H12BrNO3/c1-8(6-11)7-15-10-4-2-3-9(5-10)12(13)14/h2-5,8H,6-7H2,1H3. The van der Waals surface area contributed by atoms with Crippen LogP contribution >= 0.6 is 15.9 Å². The molecule has 0 N–H and O–H groups in total. The van der Waals surface area contributed by atoms with Gasteiger partial charge in [0.1, 0.15) is 5.75 Å². The molecule has 5 heteroatoms. The Morgan fingerprint density at radius 3 is 2.93 bits per heavy atom. The second-order valence-electron chi connectivity index (χ2n) is 3.32. The second kappa shape index (κ2) is 5.70. The fourth-order valence-corrected chi connectivity index (χ4v) is 1.16. The molecule has 0 aliphatic heterocycles. The Morgan fingerprint density at radius 1 is 1.60 bits per heavy atom. The van der Waals surface area contributed by atoms with E-state index >= 15 is 0 Å². The lowest BCUT2D eigenvalue weighted by Crippen LogP contribution is -2.09. The Labute approximate surface area is 96.5 Å². The van der Waals surface area contributed by atoms with Crippen LogP contribution in [0.1, 0.15) is 6.92 Å². The SMILES string of the molecule is CC(CBr)COc1cccc([N+](=O)[O-])c1. The Morgan fingerprint density at radius 2 is 2.33 bits per heavy atom. The summed E-state index contributed by atoms with van der Waals surface area (Å²) < 4.78 is 5.42. The smallest absolute Gasteiger partial charge is 0.273 e. The number of ether oxygens (including phenoxy) is 1. The first-order chi connectivity index (χ1) is 7.13. The van der Waals surface area contributed by atoms with Crippen LogP contribution in [-0.4, -0.2) is 16.9 Å². The van der Waals surface area contributed by atoms with E-state index in [1.165, 1.54) is 12.1 Å². The molecule has 82 valence electrons. The number of hydrogen-bond donors (Lipinski definition) is 0. The van der Waals surface area contributed by atoms with Gasteiger partial charge in [-0.25, -0.2) is 0 Å². The Balaban J connectivity index is 2.62. The van der Waals surface area contributed by atoms with E-state index in [0.29, 0.717) is 18.3 Å². The van der Waals surface area contributed by atoms with E-state index in [1.807, 2.05) is 6.92 Å². The van der Waals surface area contributed by atoms with Crippen molar-refractivity contribution in [2.45, 2.75) is 6.92 Å². The molecule has 0 aliphatic rings. The average molecular weight is 274 g/mol. The van der Waals surface area contributed by atoms with Crippen LogP contribution in [-0.2, 0) is 0 Å². The van der Waals surface area contributed by atoms with Gasteiger partial charge in [0, 0.05) is 11.4 Å². The van der Waals surface area contributed by atoms with Gasteiger partial charge in [-0.1, -0.05) is 28.9 Å². The van der Waals surface area contributed by atoms with Gasteiger partial charge in [-0.2, -0.15) is 0 Å². The fraction of sp³-hybridized carbons (Fsp3) is 0.400. The maximum Gasteiger partial charge on any atom is 0.273 e. The molecule has 0 amide bonds. The minimum absolute atomic E-state index is 0.0546. The van der Waals surface area contributed by atoms with Crippen LogP contribution in [0, 0.1) is 16.0 Å². The van der Waals surface area contributed by atoms with E-state index in [4.69, 9.17) is 4.74 Å². The molecule has 0 aliphatic carbocycles. The molecular weight excluding hydrogens is 262 g/mol.